The zero-order valence-electron chi connectivity index (χ0n) is 14.6. The Bertz CT molecular complexity index is 441. The molecule has 1 N–H and O–H groups in total. The number of carbonyl (C=O) groups is 1. The molecule has 6 heteroatoms. The third-order valence-electron chi connectivity index (χ3n) is 5.95. The summed E-state index contributed by atoms with van der Waals surface area (Å²) in [5.74, 6) is 0.192. The highest BCUT2D eigenvalue weighted by Crippen LogP contribution is 2.32. The number of morpholine rings is 1. The highest BCUT2D eigenvalue weighted by molar-refractivity contribution is 5.86. The van der Waals surface area contributed by atoms with Crippen LogP contribution in [-0.2, 0) is 9.53 Å². The van der Waals surface area contributed by atoms with Crippen molar-refractivity contribution in [2.45, 2.75) is 43.7 Å². The average Bonchev–Trinajstić information content (AvgIpc) is 2.92. The van der Waals surface area contributed by atoms with Gasteiger partial charge < -0.3 is 14.7 Å². The van der Waals surface area contributed by atoms with Gasteiger partial charge in [0.2, 0.25) is 5.91 Å². The lowest BCUT2D eigenvalue weighted by atomic mass is 9.87. The average molecular weight is 325 g/mol. The molecule has 2 atom stereocenters. The van der Waals surface area contributed by atoms with Gasteiger partial charge in [0.25, 0.3) is 0 Å². The van der Waals surface area contributed by atoms with E-state index in [9.17, 15) is 9.90 Å². The molecule has 6 nitrogen and oxygen atoms in total. The van der Waals surface area contributed by atoms with Crippen LogP contribution >= 0.6 is 0 Å². The predicted molar refractivity (Wildman–Crippen MR) is 88.3 cm³/mol. The summed E-state index contributed by atoms with van der Waals surface area (Å²) in [6.45, 7) is 8.04. The first-order valence-electron chi connectivity index (χ1n) is 8.96. The molecule has 3 aliphatic rings. The van der Waals surface area contributed by atoms with Gasteiger partial charge in [0, 0.05) is 26.2 Å². The molecule has 0 spiro atoms. The van der Waals surface area contributed by atoms with Crippen LogP contribution in [0.3, 0.4) is 0 Å². The lowest BCUT2D eigenvalue weighted by Crippen LogP contribution is -2.59. The van der Waals surface area contributed by atoms with E-state index in [1.54, 1.807) is 0 Å². The number of ether oxygens (including phenoxy) is 1. The van der Waals surface area contributed by atoms with Gasteiger partial charge >= 0.3 is 0 Å². The first kappa shape index (κ1) is 17.1. The van der Waals surface area contributed by atoms with Gasteiger partial charge in [-0.05, 0) is 46.2 Å². The smallest absolute Gasteiger partial charge is 0.242 e. The van der Waals surface area contributed by atoms with E-state index < -0.39 is 11.1 Å². The van der Waals surface area contributed by atoms with E-state index in [-0.39, 0.29) is 5.91 Å². The molecule has 0 aromatic heterocycles. The summed E-state index contributed by atoms with van der Waals surface area (Å²) < 4.78 is 5.37. The Morgan fingerprint density at radius 1 is 1.13 bits per heavy atom. The van der Waals surface area contributed by atoms with E-state index >= 15 is 0 Å². The molecule has 3 heterocycles. The molecule has 1 amide bonds. The zero-order valence-corrected chi connectivity index (χ0v) is 14.6. The van der Waals surface area contributed by atoms with Gasteiger partial charge in [0.1, 0.15) is 0 Å². The number of aliphatic hydroxyl groups is 1. The van der Waals surface area contributed by atoms with Crippen molar-refractivity contribution in [3.05, 3.63) is 0 Å². The zero-order chi connectivity index (χ0) is 16.5. The Morgan fingerprint density at radius 2 is 1.87 bits per heavy atom. The number of hydrogen-bond acceptors (Lipinski definition) is 5. The van der Waals surface area contributed by atoms with Gasteiger partial charge in [-0.2, -0.15) is 0 Å². The molecule has 132 valence electrons. The normalized spacial score (nSPS) is 37.3. The van der Waals surface area contributed by atoms with Gasteiger partial charge in [-0.1, -0.05) is 0 Å². The second-order valence-electron chi connectivity index (χ2n) is 7.74. The number of β-amino-alcohol motifs (C(OH)–C–C–N with tert-alkyl or cyclic N) is 1. The maximum absolute atomic E-state index is 13.1. The lowest BCUT2D eigenvalue weighted by molar-refractivity contribution is -0.145. The summed E-state index contributed by atoms with van der Waals surface area (Å²) in [5.41, 5.74) is -1.17. The van der Waals surface area contributed by atoms with Crippen molar-refractivity contribution in [3.63, 3.8) is 0 Å². The minimum absolute atomic E-state index is 0.192. The molecular weight excluding hydrogens is 294 g/mol. The van der Waals surface area contributed by atoms with Gasteiger partial charge in [-0.3, -0.25) is 14.6 Å². The third-order valence-corrected chi connectivity index (χ3v) is 5.95. The second-order valence-corrected chi connectivity index (χ2v) is 7.74. The fourth-order valence-electron chi connectivity index (χ4n) is 4.20. The van der Waals surface area contributed by atoms with Gasteiger partial charge in [0.15, 0.2) is 0 Å². The number of amides is 1. The van der Waals surface area contributed by atoms with Crippen LogP contribution < -0.4 is 0 Å². The molecule has 3 aliphatic heterocycles. The van der Waals surface area contributed by atoms with Crippen LogP contribution in [0, 0.1) is 0 Å². The van der Waals surface area contributed by atoms with E-state index in [4.69, 9.17) is 4.74 Å². The summed E-state index contributed by atoms with van der Waals surface area (Å²) >= 11 is 0. The maximum atomic E-state index is 13.1. The standard InChI is InChI=1S/C17H31N3O3/c1-16(5-3-4-7-18(16)2)15(21)20-8-6-17(22,14-20)13-19-9-11-23-12-10-19/h22H,3-14H2,1-2H3. The maximum Gasteiger partial charge on any atom is 0.242 e. The first-order chi connectivity index (χ1) is 10.9. The van der Waals surface area contributed by atoms with Crippen molar-refractivity contribution >= 4 is 5.91 Å². The van der Waals surface area contributed by atoms with Crippen LogP contribution in [0.5, 0.6) is 0 Å². The minimum Gasteiger partial charge on any atom is -0.387 e. The highest BCUT2D eigenvalue weighted by Gasteiger charge is 2.47. The number of carbonyl (C=O) groups excluding carboxylic acids is 1. The molecule has 3 rings (SSSR count). The van der Waals surface area contributed by atoms with Crippen LogP contribution in [0.15, 0.2) is 0 Å². The van der Waals surface area contributed by atoms with Crippen LogP contribution in [0.25, 0.3) is 0 Å². The lowest BCUT2D eigenvalue weighted by Gasteiger charge is -2.43. The number of nitrogens with zero attached hydrogens (tertiary/aromatic N) is 3. The summed E-state index contributed by atoms with van der Waals surface area (Å²) in [4.78, 5) is 19.4. The fourth-order valence-corrected chi connectivity index (χ4v) is 4.20. The Kier molecular flexibility index (Phi) is 4.97. The van der Waals surface area contributed by atoms with Crippen molar-refractivity contribution in [1.29, 1.82) is 0 Å². The van der Waals surface area contributed by atoms with E-state index in [1.165, 1.54) is 6.42 Å². The van der Waals surface area contributed by atoms with E-state index in [0.29, 0.717) is 26.1 Å². The molecule has 3 fully saturated rings. The van der Waals surface area contributed by atoms with E-state index in [1.807, 2.05) is 11.9 Å². The van der Waals surface area contributed by atoms with E-state index in [0.717, 1.165) is 45.7 Å². The summed E-state index contributed by atoms with van der Waals surface area (Å²) in [6.07, 6.45) is 3.87. The predicted octanol–water partition coefficient (Wildman–Crippen LogP) is 0.156. The monoisotopic (exact) mass is 325 g/mol. The summed E-state index contributed by atoms with van der Waals surface area (Å²) in [7, 11) is 2.05. The van der Waals surface area contributed by atoms with Gasteiger partial charge in [-0.25, -0.2) is 0 Å². The van der Waals surface area contributed by atoms with Crippen molar-refractivity contribution in [1.82, 2.24) is 14.7 Å². The summed E-state index contributed by atoms with van der Waals surface area (Å²) in [5, 5.41) is 10.9. The molecule has 0 bridgehead atoms. The SMILES string of the molecule is CN1CCCCC1(C)C(=O)N1CCC(O)(CN2CCOCC2)C1. The van der Waals surface area contributed by atoms with E-state index in [2.05, 4.69) is 16.7 Å². The quantitative estimate of drug-likeness (QED) is 0.801. The van der Waals surface area contributed by atoms with Crippen molar-refractivity contribution < 1.29 is 14.6 Å². The first-order valence-corrected chi connectivity index (χ1v) is 8.96. The molecule has 0 radical (unpaired) electrons. The van der Waals surface area contributed by atoms with Crippen LogP contribution in [-0.4, -0.2) is 96.4 Å². The van der Waals surface area contributed by atoms with Crippen molar-refractivity contribution in [2.24, 2.45) is 0 Å². The molecule has 0 aromatic rings. The Hall–Kier alpha value is -0.690. The summed E-state index contributed by atoms with van der Waals surface area (Å²) in [6, 6.07) is 0. The fraction of sp³-hybridized carbons (Fsp3) is 0.941. The third kappa shape index (κ3) is 3.55. The number of likely N-dealkylation sites (tertiary alicyclic amines) is 2. The van der Waals surface area contributed by atoms with Crippen molar-refractivity contribution in [3.8, 4) is 0 Å². The molecule has 0 saturated carbocycles. The van der Waals surface area contributed by atoms with Crippen LogP contribution in [0.2, 0.25) is 0 Å². The number of piperidine rings is 1. The van der Waals surface area contributed by atoms with Gasteiger partial charge in [-0.15, -0.1) is 0 Å². The van der Waals surface area contributed by atoms with Crippen LogP contribution in [0.1, 0.15) is 32.6 Å². The largest absolute Gasteiger partial charge is 0.387 e. The number of likely N-dealkylation sites (N-methyl/N-ethyl adjacent to an activating group) is 1. The Labute approximate surface area is 139 Å². The molecule has 3 saturated heterocycles. The minimum atomic E-state index is -0.767. The number of hydrogen-bond donors (Lipinski definition) is 1. The molecule has 2 unspecified atom stereocenters. The second kappa shape index (κ2) is 6.67. The number of rotatable bonds is 3. The van der Waals surface area contributed by atoms with Gasteiger partial charge in [0.05, 0.1) is 30.9 Å². The molecule has 23 heavy (non-hydrogen) atoms. The van der Waals surface area contributed by atoms with Crippen molar-refractivity contribution in [2.75, 3.05) is 59.5 Å². The Balaban J connectivity index is 1.60. The molecule has 0 aromatic carbocycles. The molecule has 0 aliphatic carbocycles. The van der Waals surface area contributed by atoms with Crippen LogP contribution in [0.4, 0.5) is 0 Å². The Morgan fingerprint density at radius 3 is 2.57 bits per heavy atom. The topological polar surface area (TPSA) is 56.2 Å². The molecular formula is C17H31N3O3. The highest BCUT2D eigenvalue weighted by atomic mass is 16.5.